The molecule has 0 aromatic carbocycles. The van der Waals surface area contributed by atoms with Gasteiger partial charge in [0.15, 0.2) is 0 Å². The van der Waals surface area contributed by atoms with Crippen molar-refractivity contribution < 1.29 is 0 Å². The standard InChI is InChI=1S/C13H18N2/c1-13(10-4-6-14-7-5-10)8-11(13)9-15-12-2-3-12/h4-7,11-12,15H,2-3,8-9H2,1H3. The van der Waals surface area contributed by atoms with Crippen molar-refractivity contribution in [3.8, 4) is 0 Å². The molecule has 0 amide bonds. The van der Waals surface area contributed by atoms with Crippen LogP contribution in [-0.4, -0.2) is 17.6 Å². The average molecular weight is 202 g/mol. The molecule has 0 saturated heterocycles. The lowest BCUT2D eigenvalue weighted by Crippen LogP contribution is -2.22. The Labute approximate surface area is 91.1 Å². The van der Waals surface area contributed by atoms with Crippen molar-refractivity contribution in [3.63, 3.8) is 0 Å². The van der Waals surface area contributed by atoms with Crippen molar-refractivity contribution in [2.75, 3.05) is 6.54 Å². The van der Waals surface area contributed by atoms with E-state index in [1.807, 2.05) is 12.4 Å². The lowest BCUT2D eigenvalue weighted by Gasteiger charge is -2.11. The van der Waals surface area contributed by atoms with E-state index in [1.54, 1.807) is 0 Å². The molecule has 80 valence electrons. The highest BCUT2D eigenvalue weighted by Gasteiger charge is 2.50. The van der Waals surface area contributed by atoms with Crippen molar-refractivity contribution in [2.45, 2.75) is 37.6 Å². The molecule has 1 aromatic heterocycles. The van der Waals surface area contributed by atoms with Gasteiger partial charge in [0.05, 0.1) is 0 Å². The van der Waals surface area contributed by atoms with E-state index in [1.165, 1.54) is 31.4 Å². The summed E-state index contributed by atoms with van der Waals surface area (Å²) in [4.78, 5) is 4.08. The molecule has 0 aliphatic heterocycles. The van der Waals surface area contributed by atoms with Crippen LogP contribution in [0, 0.1) is 5.92 Å². The number of nitrogens with one attached hydrogen (secondary N) is 1. The van der Waals surface area contributed by atoms with Crippen molar-refractivity contribution in [1.82, 2.24) is 10.3 Å². The van der Waals surface area contributed by atoms with Gasteiger partial charge in [-0.05, 0) is 54.8 Å². The fourth-order valence-corrected chi connectivity index (χ4v) is 2.43. The molecular formula is C13H18N2. The van der Waals surface area contributed by atoms with Gasteiger partial charge in [0.1, 0.15) is 0 Å². The summed E-state index contributed by atoms with van der Waals surface area (Å²) in [5.74, 6) is 0.834. The number of aromatic nitrogens is 1. The van der Waals surface area contributed by atoms with Crippen LogP contribution in [0.15, 0.2) is 24.5 Å². The third-order valence-electron chi connectivity index (χ3n) is 3.98. The lowest BCUT2D eigenvalue weighted by molar-refractivity contribution is 0.575. The summed E-state index contributed by atoms with van der Waals surface area (Å²) in [6.07, 6.45) is 7.92. The van der Waals surface area contributed by atoms with Gasteiger partial charge in [0.25, 0.3) is 0 Å². The fourth-order valence-electron chi connectivity index (χ4n) is 2.43. The maximum absolute atomic E-state index is 4.08. The van der Waals surface area contributed by atoms with E-state index in [4.69, 9.17) is 0 Å². The van der Waals surface area contributed by atoms with E-state index < -0.39 is 0 Å². The Bertz CT molecular complexity index is 345. The molecule has 0 bridgehead atoms. The van der Waals surface area contributed by atoms with Crippen LogP contribution in [0.25, 0.3) is 0 Å². The molecule has 1 aromatic rings. The second-order valence-corrected chi connectivity index (χ2v) is 5.24. The van der Waals surface area contributed by atoms with Crippen LogP contribution in [0.5, 0.6) is 0 Å². The number of rotatable bonds is 4. The van der Waals surface area contributed by atoms with Gasteiger partial charge < -0.3 is 5.32 Å². The summed E-state index contributed by atoms with van der Waals surface area (Å²) in [6.45, 7) is 3.57. The van der Waals surface area contributed by atoms with Crippen molar-refractivity contribution >= 4 is 0 Å². The maximum atomic E-state index is 4.08. The topological polar surface area (TPSA) is 24.9 Å². The average Bonchev–Trinajstić information content (AvgIpc) is 3.14. The molecule has 2 saturated carbocycles. The summed E-state index contributed by atoms with van der Waals surface area (Å²) in [5, 5.41) is 3.63. The highest BCUT2D eigenvalue weighted by Crippen LogP contribution is 2.53. The Morgan fingerprint density at radius 2 is 2.13 bits per heavy atom. The summed E-state index contributed by atoms with van der Waals surface area (Å²) in [6, 6.07) is 5.17. The zero-order valence-electron chi connectivity index (χ0n) is 9.24. The minimum absolute atomic E-state index is 0.421. The van der Waals surface area contributed by atoms with Gasteiger partial charge in [0.2, 0.25) is 0 Å². The molecule has 2 unspecified atom stereocenters. The normalized spacial score (nSPS) is 34.1. The van der Waals surface area contributed by atoms with Crippen molar-refractivity contribution in [1.29, 1.82) is 0 Å². The third kappa shape index (κ3) is 1.78. The SMILES string of the molecule is CC1(c2ccncc2)CC1CNC1CC1. The lowest BCUT2D eigenvalue weighted by atomic mass is 9.97. The summed E-state index contributed by atoms with van der Waals surface area (Å²) < 4.78 is 0. The van der Waals surface area contributed by atoms with Crippen LogP contribution in [-0.2, 0) is 5.41 Å². The largest absolute Gasteiger partial charge is 0.314 e. The first-order chi connectivity index (χ1) is 7.29. The second kappa shape index (κ2) is 3.31. The predicted octanol–water partition coefficient (Wildman–Crippen LogP) is 2.11. The minimum atomic E-state index is 0.421. The van der Waals surface area contributed by atoms with Crippen LogP contribution in [0.1, 0.15) is 31.7 Å². The van der Waals surface area contributed by atoms with Crippen molar-refractivity contribution in [3.05, 3.63) is 30.1 Å². The van der Waals surface area contributed by atoms with Gasteiger partial charge in [-0.15, -0.1) is 0 Å². The Hall–Kier alpha value is -0.890. The van der Waals surface area contributed by atoms with E-state index >= 15 is 0 Å². The molecular weight excluding hydrogens is 184 g/mol. The molecule has 2 aliphatic carbocycles. The Kier molecular flexibility index (Phi) is 2.06. The predicted molar refractivity (Wildman–Crippen MR) is 60.7 cm³/mol. The van der Waals surface area contributed by atoms with Gasteiger partial charge in [-0.3, -0.25) is 4.98 Å². The monoisotopic (exact) mass is 202 g/mol. The summed E-state index contributed by atoms with van der Waals surface area (Å²) in [7, 11) is 0. The Morgan fingerprint density at radius 1 is 1.40 bits per heavy atom. The third-order valence-corrected chi connectivity index (χ3v) is 3.98. The minimum Gasteiger partial charge on any atom is -0.314 e. The highest BCUT2D eigenvalue weighted by atomic mass is 15.0. The van der Waals surface area contributed by atoms with Crippen LogP contribution in [0.2, 0.25) is 0 Å². The molecule has 1 N–H and O–H groups in total. The molecule has 2 aliphatic rings. The second-order valence-electron chi connectivity index (χ2n) is 5.24. The molecule has 2 nitrogen and oxygen atoms in total. The first-order valence-corrected chi connectivity index (χ1v) is 5.93. The van der Waals surface area contributed by atoms with Crippen molar-refractivity contribution in [2.24, 2.45) is 5.92 Å². The van der Waals surface area contributed by atoms with Gasteiger partial charge in [-0.2, -0.15) is 0 Å². The van der Waals surface area contributed by atoms with Gasteiger partial charge >= 0.3 is 0 Å². The van der Waals surface area contributed by atoms with E-state index in [0.717, 1.165) is 12.0 Å². The Morgan fingerprint density at radius 3 is 2.80 bits per heavy atom. The first kappa shape index (κ1) is 9.34. The molecule has 2 fully saturated rings. The molecule has 2 heteroatoms. The van der Waals surface area contributed by atoms with Crippen LogP contribution in [0.4, 0.5) is 0 Å². The smallest absolute Gasteiger partial charge is 0.0270 e. The van der Waals surface area contributed by atoms with E-state index in [-0.39, 0.29) is 0 Å². The summed E-state index contributed by atoms with van der Waals surface area (Å²) in [5.41, 5.74) is 1.88. The van der Waals surface area contributed by atoms with Crippen LogP contribution >= 0.6 is 0 Å². The number of hydrogen-bond acceptors (Lipinski definition) is 2. The van der Waals surface area contributed by atoms with Crippen LogP contribution in [0.3, 0.4) is 0 Å². The number of pyridine rings is 1. The molecule has 15 heavy (non-hydrogen) atoms. The molecule has 3 rings (SSSR count). The molecule has 1 heterocycles. The van der Waals surface area contributed by atoms with E-state index in [0.29, 0.717) is 5.41 Å². The van der Waals surface area contributed by atoms with Gasteiger partial charge in [0, 0.05) is 18.4 Å². The fraction of sp³-hybridized carbons (Fsp3) is 0.615. The molecule has 0 spiro atoms. The Balaban J connectivity index is 1.62. The quantitative estimate of drug-likeness (QED) is 0.809. The van der Waals surface area contributed by atoms with Crippen LogP contribution < -0.4 is 5.32 Å². The summed E-state index contributed by atoms with van der Waals surface area (Å²) >= 11 is 0. The first-order valence-electron chi connectivity index (χ1n) is 5.93. The van der Waals surface area contributed by atoms with E-state index in [9.17, 15) is 0 Å². The maximum Gasteiger partial charge on any atom is 0.0270 e. The number of nitrogens with zero attached hydrogens (tertiary/aromatic N) is 1. The van der Waals surface area contributed by atoms with E-state index in [2.05, 4.69) is 29.4 Å². The zero-order valence-corrected chi connectivity index (χ0v) is 9.24. The molecule has 2 atom stereocenters. The number of hydrogen-bond donors (Lipinski definition) is 1. The highest BCUT2D eigenvalue weighted by molar-refractivity contribution is 5.30. The zero-order chi connectivity index (χ0) is 10.3. The van der Waals surface area contributed by atoms with Gasteiger partial charge in [-0.25, -0.2) is 0 Å². The van der Waals surface area contributed by atoms with Gasteiger partial charge in [-0.1, -0.05) is 6.92 Å². The molecule has 0 radical (unpaired) electrons.